The van der Waals surface area contributed by atoms with Gasteiger partial charge in [-0.2, -0.15) is 0 Å². The first-order chi connectivity index (χ1) is 9.09. The highest BCUT2D eigenvalue weighted by Crippen LogP contribution is 2.09. The zero-order valence-corrected chi connectivity index (χ0v) is 11.7. The molecule has 0 unspecified atom stereocenters. The molecule has 0 spiro atoms. The molecule has 1 aromatic carbocycles. The van der Waals surface area contributed by atoms with Crippen molar-refractivity contribution in [2.24, 2.45) is 7.05 Å². The largest absolute Gasteiger partial charge is 0.356 e. The summed E-state index contributed by atoms with van der Waals surface area (Å²) in [4.78, 5) is 18.8. The number of nitrogens with one attached hydrogen (secondary N) is 1. The van der Waals surface area contributed by atoms with Crippen molar-refractivity contribution in [2.75, 3.05) is 32.5 Å². The second-order valence-electron chi connectivity index (χ2n) is 4.90. The van der Waals surface area contributed by atoms with Gasteiger partial charge in [0.05, 0.1) is 10.9 Å². The van der Waals surface area contributed by atoms with E-state index in [0.29, 0.717) is 11.3 Å². The number of anilines is 1. The minimum Gasteiger partial charge on any atom is -0.356 e. The summed E-state index contributed by atoms with van der Waals surface area (Å²) >= 11 is 0. The van der Waals surface area contributed by atoms with Gasteiger partial charge in [-0.25, -0.2) is 4.98 Å². The van der Waals surface area contributed by atoms with Crippen molar-refractivity contribution in [3.8, 4) is 0 Å². The minimum atomic E-state index is -0.0132. The van der Waals surface area contributed by atoms with Gasteiger partial charge in [0.15, 0.2) is 0 Å². The maximum Gasteiger partial charge on any atom is 0.262 e. The van der Waals surface area contributed by atoms with Gasteiger partial charge in [-0.1, -0.05) is 12.1 Å². The molecule has 2 aromatic rings. The van der Waals surface area contributed by atoms with Crippen molar-refractivity contribution in [1.29, 1.82) is 0 Å². The molecule has 0 radical (unpaired) electrons. The number of hydrogen-bond donors (Lipinski definition) is 1. The summed E-state index contributed by atoms with van der Waals surface area (Å²) in [6.07, 6.45) is 1.01. The van der Waals surface area contributed by atoms with Gasteiger partial charge in [0.1, 0.15) is 0 Å². The molecule has 0 fully saturated rings. The Morgan fingerprint density at radius 2 is 2.05 bits per heavy atom. The van der Waals surface area contributed by atoms with Gasteiger partial charge in [-0.3, -0.25) is 9.36 Å². The number of hydrogen-bond acceptors (Lipinski definition) is 4. The zero-order chi connectivity index (χ0) is 13.8. The van der Waals surface area contributed by atoms with Gasteiger partial charge in [0.25, 0.3) is 5.56 Å². The standard InChI is InChI=1S/C14H20N4O/c1-17(2)10-6-9-15-14-16-12-8-5-4-7-11(12)13(19)18(14)3/h4-5,7-8H,6,9-10H2,1-3H3,(H,15,16). The summed E-state index contributed by atoms with van der Waals surface area (Å²) in [5, 5.41) is 3.88. The zero-order valence-electron chi connectivity index (χ0n) is 11.7. The van der Waals surface area contributed by atoms with Crippen LogP contribution in [-0.4, -0.2) is 41.6 Å². The first kappa shape index (κ1) is 13.5. The van der Waals surface area contributed by atoms with E-state index in [1.165, 1.54) is 0 Å². The molecule has 102 valence electrons. The fraction of sp³-hybridized carbons (Fsp3) is 0.429. The smallest absolute Gasteiger partial charge is 0.262 e. The Labute approximate surface area is 112 Å². The van der Waals surface area contributed by atoms with Crippen LogP contribution in [0.25, 0.3) is 10.9 Å². The molecule has 0 saturated carbocycles. The van der Waals surface area contributed by atoms with E-state index >= 15 is 0 Å². The quantitative estimate of drug-likeness (QED) is 0.823. The summed E-state index contributed by atoms with van der Waals surface area (Å²) in [7, 11) is 5.84. The van der Waals surface area contributed by atoms with Crippen LogP contribution in [0.1, 0.15) is 6.42 Å². The topological polar surface area (TPSA) is 50.2 Å². The summed E-state index contributed by atoms with van der Waals surface area (Å²) in [5.41, 5.74) is 0.724. The third-order valence-corrected chi connectivity index (χ3v) is 3.05. The molecule has 1 aromatic heterocycles. The van der Waals surface area contributed by atoms with Crippen LogP contribution >= 0.6 is 0 Å². The number of fused-ring (bicyclic) bond motifs is 1. The third kappa shape index (κ3) is 3.12. The lowest BCUT2D eigenvalue weighted by Crippen LogP contribution is -2.24. The lowest BCUT2D eigenvalue weighted by Gasteiger charge is -2.13. The molecule has 5 nitrogen and oxygen atoms in total. The molecule has 0 amide bonds. The number of rotatable bonds is 5. The highest BCUT2D eigenvalue weighted by Gasteiger charge is 2.06. The van der Waals surface area contributed by atoms with E-state index in [1.54, 1.807) is 17.7 Å². The van der Waals surface area contributed by atoms with E-state index in [2.05, 4.69) is 15.2 Å². The SMILES string of the molecule is CN(C)CCCNc1nc2ccccc2c(=O)n1C. The molecule has 19 heavy (non-hydrogen) atoms. The van der Waals surface area contributed by atoms with Crippen molar-refractivity contribution in [2.45, 2.75) is 6.42 Å². The normalized spacial score (nSPS) is 11.2. The van der Waals surface area contributed by atoms with E-state index in [4.69, 9.17) is 0 Å². The average Bonchev–Trinajstić information content (AvgIpc) is 2.40. The number of aromatic nitrogens is 2. The van der Waals surface area contributed by atoms with Gasteiger partial charge >= 0.3 is 0 Å². The first-order valence-corrected chi connectivity index (χ1v) is 6.44. The van der Waals surface area contributed by atoms with Crippen molar-refractivity contribution < 1.29 is 0 Å². The van der Waals surface area contributed by atoms with Crippen LogP contribution in [0.5, 0.6) is 0 Å². The highest BCUT2D eigenvalue weighted by molar-refractivity contribution is 5.78. The maximum absolute atomic E-state index is 12.2. The predicted molar refractivity (Wildman–Crippen MR) is 78.6 cm³/mol. The fourth-order valence-electron chi connectivity index (χ4n) is 1.97. The molecule has 2 rings (SSSR count). The summed E-state index contributed by atoms with van der Waals surface area (Å²) in [6, 6.07) is 7.42. The van der Waals surface area contributed by atoms with Crippen LogP contribution < -0.4 is 10.9 Å². The Kier molecular flexibility index (Phi) is 4.16. The third-order valence-electron chi connectivity index (χ3n) is 3.05. The van der Waals surface area contributed by atoms with Crippen molar-refractivity contribution in [3.63, 3.8) is 0 Å². The Hall–Kier alpha value is -1.88. The summed E-state index contributed by atoms with van der Waals surface area (Å²) in [6.45, 7) is 1.81. The van der Waals surface area contributed by atoms with Gasteiger partial charge in [0, 0.05) is 13.6 Å². The van der Waals surface area contributed by atoms with E-state index in [1.807, 2.05) is 32.3 Å². The van der Waals surface area contributed by atoms with E-state index in [-0.39, 0.29) is 5.56 Å². The number of nitrogens with zero attached hydrogens (tertiary/aromatic N) is 3. The summed E-state index contributed by atoms with van der Waals surface area (Å²) < 4.78 is 1.57. The first-order valence-electron chi connectivity index (χ1n) is 6.44. The second kappa shape index (κ2) is 5.84. The summed E-state index contributed by atoms with van der Waals surface area (Å²) in [5.74, 6) is 0.627. The monoisotopic (exact) mass is 260 g/mol. The Morgan fingerprint density at radius 3 is 2.79 bits per heavy atom. The molecule has 0 bridgehead atoms. The Morgan fingerprint density at radius 1 is 1.32 bits per heavy atom. The van der Waals surface area contributed by atoms with E-state index in [0.717, 1.165) is 25.0 Å². The molecule has 1 heterocycles. The minimum absolute atomic E-state index is 0.0132. The fourth-order valence-corrected chi connectivity index (χ4v) is 1.97. The van der Waals surface area contributed by atoms with Crippen molar-refractivity contribution in [1.82, 2.24) is 14.5 Å². The van der Waals surface area contributed by atoms with Crippen LogP contribution in [0.4, 0.5) is 5.95 Å². The maximum atomic E-state index is 12.2. The predicted octanol–water partition coefficient (Wildman–Crippen LogP) is 1.30. The Balaban J connectivity index is 2.19. The lowest BCUT2D eigenvalue weighted by atomic mass is 10.2. The number of para-hydroxylation sites is 1. The molecule has 0 saturated heterocycles. The Bertz CT molecular complexity index is 618. The van der Waals surface area contributed by atoms with Crippen molar-refractivity contribution in [3.05, 3.63) is 34.6 Å². The molecule has 5 heteroatoms. The molecule has 0 aliphatic carbocycles. The van der Waals surface area contributed by atoms with E-state index < -0.39 is 0 Å². The van der Waals surface area contributed by atoms with Crippen LogP contribution in [0, 0.1) is 0 Å². The van der Waals surface area contributed by atoms with Crippen LogP contribution in [0.2, 0.25) is 0 Å². The molecular weight excluding hydrogens is 240 g/mol. The van der Waals surface area contributed by atoms with Gasteiger partial charge < -0.3 is 10.2 Å². The molecular formula is C14H20N4O. The molecule has 0 aliphatic heterocycles. The van der Waals surface area contributed by atoms with Gasteiger partial charge in [0.2, 0.25) is 5.95 Å². The molecule has 0 atom stereocenters. The second-order valence-corrected chi connectivity index (χ2v) is 4.90. The average molecular weight is 260 g/mol. The lowest BCUT2D eigenvalue weighted by molar-refractivity contribution is 0.405. The van der Waals surface area contributed by atoms with Crippen LogP contribution in [-0.2, 0) is 7.05 Å². The van der Waals surface area contributed by atoms with Crippen molar-refractivity contribution >= 4 is 16.9 Å². The van der Waals surface area contributed by atoms with Gasteiger partial charge in [-0.15, -0.1) is 0 Å². The van der Waals surface area contributed by atoms with Crippen LogP contribution in [0.15, 0.2) is 29.1 Å². The van der Waals surface area contributed by atoms with Crippen LogP contribution in [0.3, 0.4) is 0 Å². The molecule has 1 N–H and O–H groups in total. The number of benzene rings is 1. The highest BCUT2D eigenvalue weighted by atomic mass is 16.1. The van der Waals surface area contributed by atoms with Gasteiger partial charge in [-0.05, 0) is 39.2 Å². The molecule has 0 aliphatic rings. The van der Waals surface area contributed by atoms with E-state index in [9.17, 15) is 4.79 Å².